The molecule has 0 saturated heterocycles. The molecule has 0 fully saturated rings. The predicted octanol–water partition coefficient (Wildman–Crippen LogP) is 3.33. The third kappa shape index (κ3) is 3.97. The largest absolute Gasteiger partial charge is 0.478 e. The lowest BCUT2D eigenvalue weighted by atomic mass is 10.1. The van der Waals surface area contributed by atoms with E-state index in [1.165, 1.54) is 18.3 Å². The molecule has 0 bridgehead atoms. The summed E-state index contributed by atoms with van der Waals surface area (Å²) in [5.41, 5.74) is 2.62. The normalized spacial score (nSPS) is 10.8. The molecule has 0 spiro atoms. The van der Waals surface area contributed by atoms with Gasteiger partial charge in [-0.25, -0.2) is 4.79 Å². The Morgan fingerprint density at radius 2 is 2.10 bits per heavy atom. The van der Waals surface area contributed by atoms with Gasteiger partial charge < -0.3 is 15.4 Å². The highest BCUT2D eigenvalue weighted by atomic mass is 35.5. The Morgan fingerprint density at radius 3 is 2.67 bits per heavy atom. The average Bonchev–Trinajstić information content (AvgIpc) is 2.84. The minimum atomic E-state index is -1.00. The van der Waals surface area contributed by atoms with Crippen molar-refractivity contribution in [3.05, 3.63) is 58.4 Å². The van der Waals surface area contributed by atoms with Gasteiger partial charge in [0.05, 0.1) is 5.02 Å². The summed E-state index contributed by atoms with van der Waals surface area (Å²) in [7, 11) is 0. The summed E-state index contributed by atoms with van der Waals surface area (Å²) in [5, 5.41) is 11.8. The van der Waals surface area contributed by atoms with Crippen molar-refractivity contribution in [3.8, 4) is 0 Å². The summed E-state index contributed by atoms with van der Waals surface area (Å²) >= 11 is 5.75. The number of hydrogen-bond donors (Lipinski definition) is 3. The topological polar surface area (TPSA) is 82.2 Å². The van der Waals surface area contributed by atoms with E-state index in [-0.39, 0.29) is 5.91 Å². The molecule has 6 heteroatoms. The van der Waals surface area contributed by atoms with Gasteiger partial charge in [0.2, 0.25) is 0 Å². The SMILES string of the molecule is Cc1cc(NC(=O)c2cc(Cl)c[nH]2)ccc1C=CC(=O)O. The van der Waals surface area contributed by atoms with Gasteiger partial charge in [0.1, 0.15) is 5.69 Å². The number of halogens is 1. The van der Waals surface area contributed by atoms with Gasteiger partial charge in [0.25, 0.3) is 5.91 Å². The van der Waals surface area contributed by atoms with Crippen molar-refractivity contribution in [2.45, 2.75) is 6.92 Å². The second-order valence-corrected chi connectivity index (χ2v) is 4.87. The number of H-pyrrole nitrogens is 1. The fourth-order valence-electron chi connectivity index (χ4n) is 1.80. The van der Waals surface area contributed by atoms with E-state index >= 15 is 0 Å². The lowest BCUT2D eigenvalue weighted by Crippen LogP contribution is -2.12. The molecule has 1 aromatic carbocycles. The van der Waals surface area contributed by atoms with Crippen LogP contribution in [0.15, 0.2) is 36.5 Å². The number of carbonyl (C=O) groups is 2. The highest BCUT2D eigenvalue weighted by Crippen LogP contribution is 2.18. The van der Waals surface area contributed by atoms with Crippen LogP contribution in [0.4, 0.5) is 5.69 Å². The van der Waals surface area contributed by atoms with Gasteiger partial charge in [-0.05, 0) is 42.3 Å². The molecular formula is C15H13ClN2O3. The van der Waals surface area contributed by atoms with E-state index in [4.69, 9.17) is 16.7 Å². The smallest absolute Gasteiger partial charge is 0.328 e. The van der Waals surface area contributed by atoms with Crippen LogP contribution in [0.3, 0.4) is 0 Å². The van der Waals surface area contributed by atoms with Crippen molar-refractivity contribution in [2.75, 3.05) is 5.32 Å². The molecular weight excluding hydrogens is 292 g/mol. The van der Waals surface area contributed by atoms with E-state index in [9.17, 15) is 9.59 Å². The van der Waals surface area contributed by atoms with Gasteiger partial charge in [-0.3, -0.25) is 4.79 Å². The number of amides is 1. The van der Waals surface area contributed by atoms with E-state index in [1.807, 2.05) is 6.92 Å². The molecule has 21 heavy (non-hydrogen) atoms. The number of benzene rings is 1. The number of carbonyl (C=O) groups excluding carboxylic acids is 1. The lowest BCUT2D eigenvalue weighted by molar-refractivity contribution is -0.131. The number of rotatable bonds is 4. The molecule has 0 radical (unpaired) electrons. The number of aryl methyl sites for hydroxylation is 1. The Morgan fingerprint density at radius 1 is 1.33 bits per heavy atom. The van der Waals surface area contributed by atoms with Crippen LogP contribution in [0, 0.1) is 6.92 Å². The fourth-order valence-corrected chi connectivity index (χ4v) is 1.96. The zero-order valence-corrected chi connectivity index (χ0v) is 11.9. The zero-order valence-electron chi connectivity index (χ0n) is 11.2. The lowest BCUT2D eigenvalue weighted by Gasteiger charge is -2.07. The van der Waals surface area contributed by atoms with E-state index in [2.05, 4.69) is 10.3 Å². The average molecular weight is 305 g/mol. The molecule has 3 N–H and O–H groups in total. The fraction of sp³-hybridized carbons (Fsp3) is 0.0667. The van der Waals surface area contributed by atoms with Crippen LogP contribution in [0.1, 0.15) is 21.6 Å². The van der Waals surface area contributed by atoms with Crippen LogP contribution < -0.4 is 5.32 Å². The number of carboxylic acids is 1. The Labute approximate surface area is 126 Å². The molecule has 1 amide bonds. The second kappa shape index (κ2) is 6.28. The Bertz CT molecular complexity index is 719. The first-order chi connectivity index (χ1) is 9.95. The Balaban J connectivity index is 2.13. The van der Waals surface area contributed by atoms with Crippen molar-refractivity contribution < 1.29 is 14.7 Å². The van der Waals surface area contributed by atoms with Gasteiger partial charge in [-0.2, -0.15) is 0 Å². The van der Waals surface area contributed by atoms with Gasteiger partial charge in [0, 0.05) is 18.0 Å². The van der Waals surface area contributed by atoms with Crippen molar-refractivity contribution in [3.63, 3.8) is 0 Å². The minimum Gasteiger partial charge on any atom is -0.478 e. The first-order valence-electron chi connectivity index (χ1n) is 6.12. The predicted molar refractivity (Wildman–Crippen MR) is 81.6 cm³/mol. The Hall–Kier alpha value is -2.53. The highest BCUT2D eigenvalue weighted by molar-refractivity contribution is 6.31. The van der Waals surface area contributed by atoms with E-state index in [0.29, 0.717) is 16.4 Å². The summed E-state index contributed by atoms with van der Waals surface area (Å²) in [5.74, 6) is -1.30. The van der Waals surface area contributed by atoms with Crippen LogP contribution in [-0.4, -0.2) is 22.0 Å². The molecule has 0 aliphatic heterocycles. The van der Waals surface area contributed by atoms with Crippen molar-refractivity contribution >= 4 is 35.2 Å². The minimum absolute atomic E-state index is 0.296. The maximum absolute atomic E-state index is 11.9. The third-order valence-corrected chi connectivity index (χ3v) is 3.04. The summed E-state index contributed by atoms with van der Waals surface area (Å²) in [4.78, 5) is 25.2. The molecule has 2 aromatic rings. The molecule has 0 aliphatic carbocycles. The molecule has 0 unspecified atom stereocenters. The van der Waals surface area contributed by atoms with Crippen LogP contribution in [0.2, 0.25) is 5.02 Å². The maximum Gasteiger partial charge on any atom is 0.328 e. The molecule has 0 aliphatic rings. The number of aromatic nitrogens is 1. The third-order valence-electron chi connectivity index (χ3n) is 2.83. The number of aromatic amines is 1. The number of anilines is 1. The van der Waals surface area contributed by atoms with Crippen LogP contribution in [-0.2, 0) is 4.79 Å². The van der Waals surface area contributed by atoms with Gasteiger partial charge in [0.15, 0.2) is 0 Å². The molecule has 5 nitrogen and oxygen atoms in total. The van der Waals surface area contributed by atoms with E-state index in [1.54, 1.807) is 18.2 Å². The molecule has 2 rings (SSSR count). The molecule has 1 heterocycles. The second-order valence-electron chi connectivity index (χ2n) is 4.43. The quantitative estimate of drug-likeness (QED) is 0.758. The summed E-state index contributed by atoms with van der Waals surface area (Å²) in [6.45, 7) is 1.84. The molecule has 1 aromatic heterocycles. The standard InChI is InChI=1S/C15H13ClN2O3/c1-9-6-12(4-2-10(9)3-5-14(19)20)18-15(21)13-7-11(16)8-17-13/h2-8,17H,1H3,(H,18,21)(H,19,20). The Kier molecular flexibility index (Phi) is 4.45. The maximum atomic E-state index is 11.9. The summed E-state index contributed by atoms with van der Waals surface area (Å²) < 4.78 is 0. The highest BCUT2D eigenvalue weighted by Gasteiger charge is 2.08. The van der Waals surface area contributed by atoms with Crippen LogP contribution in [0.5, 0.6) is 0 Å². The number of hydrogen-bond acceptors (Lipinski definition) is 2. The monoisotopic (exact) mass is 304 g/mol. The van der Waals surface area contributed by atoms with Crippen LogP contribution in [0.25, 0.3) is 6.08 Å². The van der Waals surface area contributed by atoms with E-state index in [0.717, 1.165) is 17.2 Å². The summed E-state index contributed by atoms with van der Waals surface area (Å²) in [6, 6.07) is 6.75. The van der Waals surface area contributed by atoms with E-state index < -0.39 is 5.97 Å². The first-order valence-corrected chi connectivity index (χ1v) is 6.50. The number of carboxylic acid groups (broad SMARTS) is 1. The van der Waals surface area contributed by atoms with Crippen molar-refractivity contribution in [2.24, 2.45) is 0 Å². The first kappa shape index (κ1) is 14.9. The zero-order chi connectivity index (χ0) is 15.4. The van der Waals surface area contributed by atoms with Crippen molar-refractivity contribution in [1.29, 1.82) is 0 Å². The van der Waals surface area contributed by atoms with Gasteiger partial charge >= 0.3 is 5.97 Å². The molecule has 108 valence electrons. The number of nitrogens with one attached hydrogen (secondary N) is 2. The summed E-state index contributed by atoms with van der Waals surface area (Å²) in [6.07, 6.45) is 4.11. The van der Waals surface area contributed by atoms with Crippen LogP contribution >= 0.6 is 11.6 Å². The molecule has 0 saturated carbocycles. The molecule has 0 atom stereocenters. The van der Waals surface area contributed by atoms with Gasteiger partial charge in [-0.1, -0.05) is 17.7 Å². The van der Waals surface area contributed by atoms with Crippen molar-refractivity contribution in [1.82, 2.24) is 4.98 Å². The van der Waals surface area contributed by atoms with Gasteiger partial charge in [-0.15, -0.1) is 0 Å². The number of aliphatic carboxylic acids is 1.